The second-order valence-electron chi connectivity index (χ2n) is 9.10. The molecule has 4 rings (SSSR count). The Labute approximate surface area is 191 Å². The maximum absolute atomic E-state index is 13.7. The molecule has 1 aromatic carbocycles. The van der Waals surface area contributed by atoms with E-state index in [4.69, 9.17) is 16.3 Å². The summed E-state index contributed by atoms with van der Waals surface area (Å²) in [6.45, 7) is 6.46. The van der Waals surface area contributed by atoms with Gasteiger partial charge in [-0.25, -0.2) is 4.79 Å². The molecule has 8 heteroatoms. The molecule has 1 aromatic heterocycles. The minimum Gasteiger partial charge on any atom is -0.479 e. The lowest BCUT2D eigenvalue weighted by Gasteiger charge is -2.37. The van der Waals surface area contributed by atoms with Crippen LogP contribution in [0.25, 0.3) is 0 Å². The summed E-state index contributed by atoms with van der Waals surface area (Å²) >= 11 is 7.23. The largest absolute Gasteiger partial charge is 0.479 e. The number of fused-ring (bicyclic) bond motifs is 1. The van der Waals surface area contributed by atoms with Gasteiger partial charge in [0.15, 0.2) is 5.54 Å². The summed E-state index contributed by atoms with van der Waals surface area (Å²) in [5.41, 5.74) is 1.37. The van der Waals surface area contributed by atoms with E-state index in [1.807, 2.05) is 18.2 Å². The SMILES string of the molecule is CN1CCc2ccc(N(C(=O)c3ccc(Cl)s3)[C@]3(C(=O)O)CCOC3)cc2C(C)(C)C1. The highest BCUT2D eigenvalue weighted by Gasteiger charge is 2.51. The quantitative estimate of drug-likeness (QED) is 0.742. The van der Waals surface area contributed by atoms with Gasteiger partial charge in [0, 0.05) is 37.2 Å². The third-order valence-corrected chi connectivity index (χ3v) is 7.54. The van der Waals surface area contributed by atoms with Crippen LogP contribution in [0.15, 0.2) is 30.3 Å². The second-order valence-corrected chi connectivity index (χ2v) is 10.8. The fourth-order valence-electron chi connectivity index (χ4n) is 4.79. The summed E-state index contributed by atoms with van der Waals surface area (Å²) in [5, 5.41) is 10.2. The molecule has 6 nitrogen and oxygen atoms in total. The number of benzene rings is 1. The molecular formula is C23H27ClN2O4S. The van der Waals surface area contributed by atoms with Crippen molar-refractivity contribution in [2.75, 3.05) is 38.3 Å². The van der Waals surface area contributed by atoms with Gasteiger partial charge in [0.25, 0.3) is 5.91 Å². The first kappa shape index (κ1) is 22.3. The van der Waals surface area contributed by atoms with Gasteiger partial charge >= 0.3 is 5.97 Å². The number of halogens is 1. The molecule has 2 aliphatic rings. The predicted octanol–water partition coefficient (Wildman–Crippen LogP) is 4.06. The number of hydrogen-bond donors (Lipinski definition) is 1. The van der Waals surface area contributed by atoms with Gasteiger partial charge in [-0.05, 0) is 48.9 Å². The Kier molecular flexibility index (Phi) is 5.89. The zero-order valence-corrected chi connectivity index (χ0v) is 19.6. The Morgan fingerprint density at radius 2 is 2.03 bits per heavy atom. The second kappa shape index (κ2) is 8.20. The number of aliphatic carboxylic acids is 1. The number of likely N-dealkylation sites (N-methyl/N-ethyl adjacent to an activating group) is 1. The Morgan fingerprint density at radius 3 is 2.65 bits per heavy atom. The highest BCUT2D eigenvalue weighted by atomic mass is 35.5. The number of thiophene rings is 1. The van der Waals surface area contributed by atoms with Gasteiger partial charge in [-0.15, -0.1) is 11.3 Å². The third-order valence-electron chi connectivity index (χ3n) is 6.32. The van der Waals surface area contributed by atoms with E-state index in [0.29, 0.717) is 21.5 Å². The fourth-order valence-corrected chi connectivity index (χ4v) is 5.77. The first-order chi connectivity index (χ1) is 14.6. The van der Waals surface area contributed by atoms with Crippen molar-refractivity contribution in [1.29, 1.82) is 0 Å². The predicted molar refractivity (Wildman–Crippen MR) is 123 cm³/mol. The first-order valence-corrected chi connectivity index (χ1v) is 11.6. The number of carboxylic acids is 1. The van der Waals surface area contributed by atoms with Gasteiger partial charge in [0.1, 0.15) is 0 Å². The average molecular weight is 463 g/mol. The molecule has 1 amide bonds. The molecule has 0 unspecified atom stereocenters. The molecule has 0 bridgehead atoms. The first-order valence-electron chi connectivity index (χ1n) is 10.4. The monoisotopic (exact) mass is 462 g/mol. The molecule has 166 valence electrons. The van der Waals surface area contributed by atoms with Crippen LogP contribution in [-0.2, 0) is 21.4 Å². The maximum Gasteiger partial charge on any atom is 0.332 e. The van der Waals surface area contributed by atoms with Crippen LogP contribution < -0.4 is 4.90 Å². The van der Waals surface area contributed by atoms with Gasteiger partial charge in [0.05, 0.1) is 15.8 Å². The van der Waals surface area contributed by atoms with Crippen LogP contribution in [0.2, 0.25) is 4.34 Å². The highest BCUT2D eigenvalue weighted by molar-refractivity contribution is 7.18. The van der Waals surface area contributed by atoms with E-state index < -0.39 is 11.5 Å². The van der Waals surface area contributed by atoms with Crippen LogP contribution in [0.4, 0.5) is 5.69 Å². The summed E-state index contributed by atoms with van der Waals surface area (Å²) in [6, 6.07) is 9.22. The molecule has 0 aliphatic carbocycles. The van der Waals surface area contributed by atoms with Crippen molar-refractivity contribution < 1.29 is 19.4 Å². The molecule has 1 atom stereocenters. The highest BCUT2D eigenvalue weighted by Crippen LogP contribution is 2.39. The number of hydrogen-bond acceptors (Lipinski definition) is 5. The van der Waals surface area contributed by atoms with E-state index in [2.05, 4.69) is 25.8 Å². The van der Waals surface area contributed by atoms with Crippen molar-refractivity contribution in [3.05, 3.63) is 50.7 Å². The average Bonchev–Trinajstić information content (AvgIpc) is 3.34. The zero-order valence-electron chi connectivity index (χ0n) is 18.0. The molecule has 0 spiro atoms. The van der Waals surface area contributed by atoms with Gasteiger partial charge in [-0.1, -0.05) is 31.5 Å². The molecule has 3 heterocycles. The van der Waals surface area contributed by atoms with E-state index in [1.165, 1.54) is 10.5 Å². The fraction of sp³-hybridized carbons (Fsp3) is 0.478. The van der Waals surface area contributed by atoms with Gasteiger partial charge < -0.3 is 14.7 Å². The number of carbonyl (C=O) groups excluding carboxylic acids is 1. The molecule has 2 aromatic rings. The van der Waals surface area contributed by atoms with Crippen molar-refractivity contribution in [3.8, 4) is 0 Å². The summed E-state index contributed by atoms with van der Waals surface area (Å²) in [4.78, 5) is 30.3. The van der Waals surface area contributed by atoms with Gasteiger partial charge in [-0.3, -0.25) is 9.69 Å². The van der Waals surface area contributed by atoms with E-state index in [9.17, 15) is 14.7 Å². The number of carboxylic acid groups (broad SMARTS) is 1. The number of amides is 1. The third kappa shape index (κ3) is 4.00. The molecule has 1 N–H and O–H groups in total. The van der Waals surface area contributed by atoms with Crippen molar-refractivity contribution in [3.63, 3.8) is 0 Å². The van der Waals surface area contributed by atoms with E-state index in [1.54, 1.807) is 12.1 Å². The molecular weight excluding hydrogens is 436 g/mol. The van der Waals surface area contributed by atoms with E-state index >= 15 is 0 Å². The van der Waals surface area contributed by atoms with Crippen molar-refractivity contribution in [2.24, 2.45) is 0 Å². The summed E-state index contributed by atoms with van der Waals surface area (Å²) < 4.78 is 5.99. The van der Waals surface area contributed by atoms with Crippen LogP contribution in [-0.4, -0.2) is 60.8 Å². The van der Waals surface area contributed by atoms with Gasteiger partial charge in [0.2, 0.25) is 0 Å². The lowest BCUT2D eigenvalue weighted by atomic mass is 9.81. The van der Waals surface area contributed by atoms with Crippen molar-refractivity contribution >= 4 is 40.5 Å². The number of rotatable bonds is 4. The lowest BCUT2D eigenvalue weighted by Crippen LogP contribution is -2.58. The Balaban J connectivity index is 1.87. The molecule has 0 saturated carbocycles. The molecule has 1 fully saturated rings. The van der Waals surface area contributed by atoms with Crippen molar-refractivity contribution in [2.45, 2.75) is 37.6 Å². The Hall–Kier alpha value is -1.93. The number of carbonyl (C=O) groups is 2. The topological polar surface area (TPSA) is 70.1 Å². The Bertz CT molecular complexity index is 1010. The van der Waals surface area contributed by atoms with Crippen LogP contribution in [0.5, 0.6) is 0 Å². The smallest absolute Gasteiger partial charge is 0.332 e. The maximum atomic E-state index is 13.7. The number of nitrogens with zero attached hydrogens (tertiary/aromatic N) is 2. The number of ether oxygens (including phenoxy) is 1. The molecule has 2 aliphatic heterocycles. The lowest BCUT2D eigenvalue weighted by molar-refractivity contribution is -0.143. The minimum atomic E-state index is -1.45. The van der Waals surface area contributed by atoms with Crippen LogP contribution in [0, 0.1) is 0 Å². The molecule has 0 radical (unpaired) electrons. The zero-order chi connectivity index (χ0) is 22.4. The number of anilines is 1. The molecule has 31 heavy (non-hydrogen) atoms. The minimum absolute atomic E-state index is 0.0452. The summed E-state index contributed by atoms with van der Waals surface area (Å²) in [7, 11) is 2.11. The van der Waals surface area contributed by atoms with Crippen LogP contribution in [0.3, 0.4) is 0 Å². The Morgan fingerprint density at radius 1 is 1.26 bits per heavy atom. The van der Waals surface area contributed by atoms with E-state index in [-0.39, 0.29) is 24.3 Å². The van der Waals surface area contributed by atoms with Gasteiger partial charge in [-0.2, -0.15) is 0 Å². The molecule has 1 saturated heterocycles. The summed E-state index contributed by atoms with van der Waals surface area (Å²) in [5.74, 6) is -1.43. The van der Waals surface area contributed by atoms with Crippen LogP contribution in [0.1, 0.15) is 41.1 Å². The van der Waals surface area contributed by atoms with Crippen molar-refractivity contribution in [1.82, 2.24) is 4.90 Å². The van der Waals surface area contributed by atoms with E-state index in [0.717, 1.165) is 36.4 Å². The normalized spacial score (nSPS) is 23.2. The van der Waals surface area contributed by atoms with Crippen LogP contribution >= 0.6 is 22.9 Å². The standard InChI is InChI=1S/C23H27ClN2O4S/c1-22(2)13-25(3)10-8-15-4-5-16(12-17(15)22)26(20(27)18-6-7-19(24)31-18)23(21(28)29)9-11-30-14-23/h4-7,12H,8-11,13-14H2,1-3H3,(H,28,29)/t23-/m1/s1. The summed E-state index contributed by atoms with van der Waals surface area (Å²) in [6.07, 6.45) is 1.15.